The highest BCUT2D eigenvalue weighted by Gasteiger charge is 2.19. The molecule has 2 heterocycles. The molecule has 3 aromatic rings. The fraction of sp³-hybridized carbons (Fsp3) is 0.154. The van der Waals surface area contributed by atoms with Crippen LogP contribution in [-0.2, 0) is 7.05 Å². The molecule has 3 rings (SSSR count). The van der Waals surface area contributed by atoms with Gasteiger partial charge in [0.15, 0.2) is 11.7 Å². The minimum absolute atomic E-state index is 0.437. The number of halogens is 1. The van der Waals surface area contributed by atoms with Crippen molar-refractivity contribution in [1.29, 1.82) is 0 Å². The average Bonchev–Trinajstić information content (AvgIpc) is 2.95. The number of benzene rings is 1. The standard InChI is InChI=1S/C13H11ClN2O2/c1-16-6-5-15-13(16)11(17)10-7-8-3-2-4-9(14)12(8)18-10/h2-7,11,17H,1H3. The van der Waals surface area contributed by atoms with E-state index in [0.717, 1.165) is 5.39 Å². The monoisotopic (exact) mass is 262 g/mol. The molecule has 0 spiro atoms. The third-order valence-corrected chi connectivity index (χ3v) is 3.19. The maximum absolute atomic E-state index is 10.2. The zero-order valence-electron chi connectivity index (χ0n) is 9.67. The Balaban J connectivity index is 2.10. The third-order valence-electron chi connectivity index (χ3n) is 2.89. The molecule has 1 atom stereocenters. The summed E-state index contributed by atoms with van der Waals surface area (Å²) >= 11 is 6.04. The fourth-order valence-electron chi connectivity index (χ4n) is 1.95. The summed E-state index contributed by atoms with van der Waals surface area (Å²) in [5.74, 6) is 0.970. The second kappa shape index (κ2) is 4.15. The van der Waals surface area contributed by atoms with E-state index in [-0.39, 0.29) is 0 Å². The van der Waals surface area contributed by atoms with Gasteiger partial charge < -0.3 is 14.1 Å². The smallest absolute Gasteiger partial charge is 0.169 e. The van der Waals surface area contributed by atoms with Crippen molar-refractivity contribution in [3.8, 4) is 0 Å². The number of furan rings is 1. The van der Waals surface area contributed by atoms with Gasteiger partial charge in [-0.05, 0) is 12.1 Å². The number of hydrogen-bond acceptors (Lipinski definition) is 3. The molecule has 0 radical (unpaired) electrons. The SMILES string of the molecule is Cn1ccnc1C(O)c1cc2cccc(Cl)c2o1. The number of para-hydroxylation sites is 1. The number of aliphatic hydroxyl groups excluding tert-OH is 1. The summed E-state index contributed by atoms with van der Waals surface area (Å²) in [5, 5.41) is 11.6. The summed E-state index contributed by atoms with van der Waals surface area (Å²) in [5.41, 5.74) is 0.586. The van der Waals surface area contributed by atoms with Crippen LogP contribution in [0.25, 0.3) is 11.0 Å². The molecule has 0 saturated heterocycles. The minimum atomic E-state index is -0.895. The molecular formula is C13H11ClN2O2. The number of nitrogens with zero attached hydrogens (tertiary/aromatic N) is 2. The molecule has 0 fully saturated rings. The van der Waals surface area contributed by atoms with Crippen LogP contribution in [-0.4, -0.2) is 14.7 Å². The van der Waals surface area contributed by atoms with Crippen molar-refractivity contribution in [3.05, 3.63) is 53.3 Å². The van der Waals surface area contributed by atoms with Crippen LogP contribution in [0.4, 0.5) is 0 Å². The van der Waals surface area contributed by atoms with Crippen molar-refractivity contribution < 1.29 is 9.52 Å². The average molecular weight is 263 g/mol. The Morgan fingerprint density at radius 1 is 1.44 bits per heavy atom. The normalized spacial score (nSPS) is 13.1. The van der Waals surface area contributed by atoms with Gasteiger partial charge in [-0.15, -0.1) is 0 Å². The van der Waals surface area contributed by atoms with Crippen LogP contribution in [0.2, 0.25) is 5.02 Å². The molecule has 0 aliphatic rings. The van der Waals surface area contributed by atoms with E-state index in [0.29, 0.717) is 22.2 Å². The molecule has 0 aliphatic carbocycles. The van der Waals surface area contributed by atoms with E-state index >= 15 is 0 Å². The highest BCUT2D eigenvalue weighted by atomic mass is 35.5. The van der Waals surface area contributed by atoms with Crippen molar-refractivity contribution >= 4 is 22.6 Å². The van der Waals surface area contributed by atoms with Crippen LogP contribution in [0, 0.1) is 0 Å². The number of fused-ring (bicyclic) bond motifs is 1. The number of imidazole rings is 1. The molecule has 2 aromatic heterocycles. The second-order valence-electron chi connectivity index (χ2n) is 4.11. The van der Waals surface area contributed by atoms with E-state index < -0.39 is 6.10 Å². The number of rotatable bonds is 2. The number of aromatic nitrogens is 2. The van der Waals surface area contributed by atoms with Gasteiger partial charge in [0.25, 0.3) is 0 Å². The molecule has 18 heavy (non-hydrogen) atoms. The van der Waals surface area contributed by atoms with E-state index in [1.54, 1.807) is 29.1 Å². The highest BCUT2D eigenvalue weighted by molar-refractivity contribution is 6.34. The van der Waals surface area contributed by atoms with E-state index in [9.17, 15) is 5.11 Å². The van der Waals surface area contributed by atoms with Crippen LogP contribution >= 0.6 is 11.6 Å². The first kappa shape index (κ1) is 11.3. The van der Waals surface area contributed by atoms with Gasteiger partial charge in [0, 0.05) is 24.8 Å². The third kappa shape index (κ3) is 1.70. The van der Waals surface area contributed by atoms with E-state index in [2.05, 4.69) is 4.98 Å². The van der Waals surface area contributed by atoms with Crippen molar-refractivity contribution in [2.45, 2.75) is 6.10 Å². The van der Waals surface area contributed by atoms with Crippen LogP contribution < -0.4 is 0 Å². The van der Waals surface area contributed by atoms with Gasteiger partial charge in [-0.3, -0.25) is 0 Å². The first-order valence-electron chi connectivity index (χ1n) is 5.50. The van der Waals surface area contributed by atoms with Crippen LogP contribution in [0.5, 0.6) is 0 Å². The molecule has 1 unspecified atom stereocenters. The summed E-state index contributed by atoms with van der Waals surface area (Å²) < 4.78 is 7.35. The Labute approximate surface area is 108 Å². The molecule has 5 heteroatoms. The highest BCUT2D eigenvalue weighted by Crippen LogP contribution is 2.31. The Hall–Kier alpha value is -1.78. The maximum atomic E-state index is 10.2. The van der Waals surface area contributed by atoms with Gasteiger partial charge >= 0.3 is 0 Å². The lowest BCUT2D eigenvalue weighted by molar-refractivity contribution is 0.179. The summed E-state index contributed by atoms with van der Waals surface area (Å²) in [7, 11) is 1.82. The van der Waals surface area contributed by atoms with E-state index in [1.807, 2.05) is 19.2 Å². The lowest BCUT2D eigenvalue weighted by Crippen LogP contribution is -2.05. The summed E-state index contributed by atoms with van der Waals surface area (Å²) in [6.07, 6.45) is 2.51. The molecule has 92 valence electrons. The molecule has 1 N–H and O–H groups in total. The zero-order valence-corrected chi connectivity index (χ0v) is 10.4. The Morgan fingerprint density at radius 2 is 2.28 bits per heavy atom. The molecule has 0 amide bonds. The predicted octanol–water partition coefficient (Wildman–Crippen LogP) is 2.90. The molecule has 0 aliphatic heterocycles. The summed E-state index contributed by atoms with van der Waals surface area (Å²) in [4.78, 5) is 4.10. The molecular weight excluding hydrogens is 252 g/mol. The molecule has 1 aromatic carbocycles. The van der Waals surface area contributed by atoms with Gasteiger partial charge in [0.05, 0.1) is 5.02 Å². The maximum Gasteiger partial charge on any atom is 0.169 e. The Kier molecular flexibility index (Phi) is 2.61. The molecule has 0 saturated carbocycles. The largest absolute Gasteiger partial charge is 0.456 e. The Bertz CT molecular complexity index is 702. The first-order valence-corrected chi connectivity index (χ1v) is 5.88. The molecule has 0 bridgehead atoms. The molecule has 4 nitrogen and oxygen atoms in total. The van der Waals surface area contributed by atoms with Gasteiger partial charge in [0.1, 0.15) is 11.6 Å². The van der Waals surface area contributed by atoms with Crippen LogP contribution in [0.3, 0.4) is 0 Å². The Morgan fingerprint density at radius 3 is 2.94 bits per heavy atom. The van der Waals surface area contributed by atoms with Gasteiger partial charge in [-0.25, -0.2) is 4.98 Å². The van der Waals surface area contributed by atoms with Crippen molar-refractivity contribution in [2.24, 2.45) is 7.05 Å². The van der Waals surface area contributed by atoms with Gasteiger partial charge in [-0.2, -0.15) is 0 Å². The van der Waals surface area contributed by atoms with Crippen LogP contribution in [0.1, 0.15) is 17.7 Å². The number of aryl methyl sites for hydroxylation is 1. The van der Waals surface area contributed by atoms with E-state index in [4.69, 9.17) is 16.0 Å². The minimum Gasteiger partial charge on any atom is -0.456 e. The van der Waals surface area contributed by atoms with Crippen molar-refractivity contribution in [3.63, 3.8) is 0 Å². The summed E-state index contributed by atoms with van der Waals surface area (Å²) in [6, 6.07) is 7.27. The van der Waals surface area contributed by atoms with Crippen LogP contribution in [0.15, 0.2) is 41.1 Å². The zero-order chi connectivity index (χ0) is 12.7. The topological polar surface area (TPSA) is 51.2 Å². The van der Waals surface area contributed by atoms with Crippen molar-refractivity contribution in [2.75, 3.05) is 0 Å². The lowest BCUT2D eigenvalue weighted by atomic mass is 10.2. The number of aliphatic hydroxyl groups is 1. The van der Waals surface area contributed by atoms with Gasteiger partial charge in [-0.1, -0.05) is 23.7 Å². The quantitative estimate of drug-likeness (QED) is 0.773. The summed E-state index contributed by atoms with van der Waals surface area (Å²) in [6.45, 7) is 0. The lowest BCUT2D eigenvalue weighted by Gasteiger charge is -2.06. The van der Waals surface area contributed by atoms with Crippen molar-refractivity contribution in [1.82, 2.24) is 9.55 Å². The first-order chi connectivity index (χ1) is 8.66. The second-order valence-corrected chi connectivity index (χ2v) is 4.51. The van der Waals surface area contributed by atoms with Gasteiger partial charge in [0.2, 0.25) is 0 Å². The fourth-order valence-corrected chi connectivity index (χ4v) is 2.17. The van der Waals surface area contributed by atoms with E-state index in [1.165, 1.54) is 0 Å². The predicted molar refractivity (Wildman–Crippen MR) is 68.5 cm³/mol. The number of hydrogen-bond donors (Lipinski definition) is 1.